The fraction of sp³-hybridized carbons (Fsp3) is 0.350. The van der Waals surface area contributed by atoms with Crippen molar-refractivity contribution < 1.29 is 0 Å². The number of guanidine groups is 1. The Morgan fingerprint density at radius 1 is 1.17 bits per heavy atom. The number of thiazole rings is 1. The van der Waals surface area contributed by atoms with Crippen molar-refractivity contribution in [3.63, 3.8) is 0 Å². The van der Waals surface area contributed by atoms with Crippen molar-refractivity contribution in [2.75, 3.05) is 25.5 Å². The van der Waals surface area contributed by atoms with E-state index in [0.717, 1.165) is 29.9 Å². The molecular formula is C20H28IN7S. The lowest BCUT2D eigenvalue weighted by molar-refractivity contribution is 0.680. The minimum Gasteiger partial charge on any atom is -0.357 e. The molecule has 0 atom stereocenters. The highest BCUT2D eigenvalue weighted by Crippen LogP contribution is 2.17. The Morgan fingerprint density at radius 2 is 1.97 bits per heavy atom. The van der Waals surface area contributed by atoms with Gasteiger partial charge in [0, 0.05) is 38.4 Å². The zero-order valence-electron chi connectivity index (χ0n) is 17.0. The number of halogens is 1. The van der Waals surface area contributed by atoms with E-state index in [4.69, 9.17) is 4.99 Å². The largest absolute Gasteiger partial charge is 0.357 e. The average molecular weight is 525 g/mol. The molecule has 0 aliphatic rings. The first-order valence-corrected chi connectivity index (χ1v) is 10.2. The number of rotatable bonds is 8. The smallest absolute Gasteiger partial charge is 0.191 e. The molecule has 29 heavy (non-hydrogen) atoms. The van der Waals surface area contributed by atoms with Crippen molar-refractivity contribution in [1.29, 1.82) is 0 Å². The van der Waals surface area contributed by atoms with Gasteiger partial charge in [-0.05, 0) is 24.1 Å². The molecule has 0 fully saturated rings. The van der Waals surface area contributed by atoms with Gasteiger partial charge in [0.15, 0.2) is 11.1 Å². The highest BCUT2D eigenvalue weighted by Gasteiger charge is 2.06. The number of nitrogens with one attached hydrogen (secondary N) is 2. The standard InChI is InChI=1S/C20H27N7S.HI/c1-4-21-19(23-13-18-15-28-20(25-18)26(2)3)22-12-16-8-5-6-9-17(16)14-27-11-7-10-24-27;/h5-11,15H,4,12-14H2,1-3H3,(H2,21,22,23);1H. The predicted octanol–water partition coefficient (Wildman–Crippen LogP) is 3.33. The highest BCUT2D eigenvalue weighted by atomic mass is 127. The zero-order chi connectivity index (χ0) is 19.8. The number of aromatic nitrogens is 3. The van der Waals surface area contributed by atoms with Gasteiger partial charge in [0.2, 0.25) is 0 Å². The maximum atomic E-state index is 4.76. The second-order valence-corrected chi connectivity index (χ2v) is 7.37. The molecule has 0 aliphatic heterocycles. The van der Waals surface area contributed by atoms with Crippen LogP contribution in [-0.4, -0.2) is 41.4 Å². The second-order valence-electron chi connectivity index (χ2n) is 6.54. The maximum absolute atomic E-state index is 4.76. The molecule has 0 bridgehead atoms. The molecule has 9 heteroatoms. The SMILES string of the molecule is CCNC(=NCc1ccccc1Cn1cccn1)NCc1csc(N(C)C)n1.I. The van der Waals surface area contributed by atoms with E-state index in [1.807, 2.05) is 35.9 Å². The van der Waals surface area contributed by atoms with Gasteiger partial charge in [-0.2, -0.15) is 5.10 Å². The van der Waals surface area contributed by atoms with Crippen LogP contribution in [0.5, 0.6) is 0 Å². The topological polar surface area (TPSA) is 70.4 Å². The Balaban J connectivity index is 0.00000300. The first-order valence-electron chi connectivity index (χ1n) is 9.34. The Morgan fingerprint density at radius 3 is 2.62 bits per heavy atom. The Bertz CT molecular complexity index is 890. The molecule has 0 saturated carbocycles. The molecule has 0 radical (unpaired) electrons. The van der Waals surface area contributed by atoms with Gasteiger partial charge in [-0.15, -0.1) is 35.3 Å². The minimum absolute atomic E-state index is 0. The fourth-order valence-electron chi connectivity index (χ4n) is 2.70. The fourth-order valence-corrected chi connectivity index (χ4v) is 3.46. The summed E-state index contributed by atoms with van der Waals surface area (Å²) in [5.74, 6) is 0.788. The van der Waals surface area contributed by atoms with E-state index in [1.165, 1.54) is 11.1 Å². The number of benzene rings is 1. The molecular weight excluding hydrogens is 497 g/mol. The van der Waals surface area contributed by atoms with E-state index in [9.17, 15) is 0 Å². The van der Waals surface area contributed by atoms with Crippen LogP contribution < -0.4 is 15.5 Å². The van der Waals surface area contributed by atoms with E-state index in [-0.39, 0.29) is 24.0 Å². The van der Waals surface area contributed by atoms with Gasteiger partial charge < -0.3 is 15.5 Å². The van der Waals surface area contributed by atoms with Gasteiger partial charge in [-0.3, -0.25) is 4.68 Å². The molecule has 7 nitrogen and oxygen atoms in total. The molecule has 156 valence electrons. The lowest BCUT2D eigenvalue weighted by atomic mass is 10.1. The highest BCUT2D eigenvalue weighted by molar-refractivity contribution is 14.0. The van der Waals surface area contributed by atoms with Gasteiger partial charge in [0.05, 0.1) is 25.3 Å². The molecule has 2 N–H and O–H groups in total. The summed E-state index contributed by atoms with van der Waals surface area (Å²) >= 11 is 1.64. The Kier molecular flexibility index (Phi) is 9.39. The molecule has 0 amide bonds. The van der Waals surface area contributed by atoms with Gasteiger partial charge in [0.1, 0.15) is 0 Å². The summed E-state index contributed by atoms with van der Waals surface area (Å²) in [7, 11) is 4.00. The number of hydrogen-bond acceptors (Lipinski definition) is 5. The van der Waals surface area contributed by atoms with E-state index in [1.54, 1.807) is 17.5 Å². The summed E-state index contributed by atoms with van der Waals surface area (Å²) in [5, 5.41) is 14.1. The van der Waals surface area contributed by atoms with Crippen molar-refractivity contribution in [1.82, 2.24) is 25.4 Å². The lowest BCUT2D eigenvalue weighted by Gasteiger charge is -2.12. The van der Waals surface area contributed by atoms with Crippen LogP contribution in [0.15, 0.2) is 53.1 Å². The monoisotopic (exact) mass is 525 g/mol. The third-order valence-electron chi connectivity index (χ3n) is 4.12. The lowest BCUT2D eigenvalue weighted by Crippen LogP contribution is -2.36. The third-order valence-corrected chi connectivity index (χ3v) is 5.18. The van der Waals surface area contributed by atoms with Gasteiger partial charge in [0.25, 0.3) is 0 Å². The van der Waals surface area contributed by atoms with Crippen molar-refractivity contribution in [3.8, 4) is 0 Å². The van der Waals surface area contributed by atoms with Crippen molar-refractivity contribution in [3.05, 3.63) is 64.9 Å². The average Bonchev–Trinajstić information content (AvgIpc) is 3.37. The molecule has 3 aromatic rings. The normalized spacial score (nSPS) is 11.1. The van der Waals surface area contributed by atoms with Crippen LogP contribution in [-0.2, 0) is 19.6 Å². The summed E-state index contributed by atoms with van der Waals surface area (Å²) in [5.41, 5.74) is 3.43. The van der Waals surface area contributed by atoms with Crippen LogP contribution in [0.1, 0.15) is 23.7 Å². The van der Waals surface area contributed by atoms with E-state index in [0.29, 0.717) is 13.1 Å². The predicted molar refractivity (Wildman–Crippen MR) is 131 cm³/mol. The maximum Gasteiger partial charge on any atom is 0.191 e. The Hall–Kier alpha value is -2.14. The van der Waals surface area contributed by atoms with Gasteiger partial charge >= 0.3 is 0 Å². The van der Waals surface area contributed by atoms with E-state index >= 15 is 0 Å². The van der Waals surface area contributed by atoms with Gasteiger partial charge in [-0.1, -0.05) is 24.3 Å². The molecule has 3 rings (SSSR count). The third kappa shape index (κ3) is 7.00. The van der Waals surface area contributed by atoms with Crippen LogP contribution in [0.3, 0.4) is 0 Å². The molecule has 0 unspecified atom stereocenters. The first kappa shape index (κ1) is 23.1. The quantitative estimate of drug-likeness (QED) is 0.268. The second kappa shape index (κ2) is 11.8. The molecule has 0 aliphatic carbocycles. The zero-order valence-corrected chi connectivity index (χ0v) is 20.1. The first-order chi connectivity index (χ1) is 13.7. The number of aliphatic imine (C=N–C) groups is 1. The molecule has 2 aromatic heterocycles. The van der Waals surface area contributed by atoms with Crippen molar-refractivity contribution >= 4 is 46.4 Å². The van der Waals surface area contributed by atoms with Crippen LogP contribution in [0, 0.1) is 0 Å². The van der Waals surface area contributed by atoms with Crippen LogP contribution in [0.25, 0.3) is 0 Å². The molecule has 0 saturated heterocycles. The number of nitrogens with zero attached hydrogens (tertiary/aromatic N) is 5. The van der Waals surface area contributed by atoms with Crippen molar-refractivity contribution in [2.45, 2.75) is 26.6 Å². The Labute approximate surface area is 193 Å². The van der Waals surface area contributed by atoms with Crippen LogP contribution in [0.4, 0.5) is 5.13 Å². The number of hydrogen-bond donors (Lipinski definition) is 2. The molecule has 0 spiro atoms. The van der Waals surface area contributed by atoms with E-state index in [2.05, 4.69) is 57.3 Å². The van der Waals surface area contributed by atoms with Crippen molar-refractivity contribution in [2.24, 2.45) is 4.99 Å². The van der Waals surface area contributed by atoms with Gasteiger partial charge in [-0.25, -0.2) is 9.98 Å². The summed E-state index contributed by atoms with van der Waals surface area (Å²) in [4.78, 5) is 11.4. The van der Waals surface area contributed by atoms with Crippen LogP contribution >= 0.6 is 35.3 Å². The molecule has 1 aromatic carbocycles. The molecule has 2 heterocycles. The summed E-state index contributed by atoms with van der Waals surface area (Å²) in [6.07, 6.45) is 3.77. The minimum atomic E-state index is 0. The van der Waals surface area contributed by atoms with Crippen LogP contribution in [0.2, 0.25) is 0 Å². The summed E-state index contributed by atoms with van der Waals surface area (Å²) in [6, 6.07) is 10.3. The summed E-state index contributed by atoms with van der Waals surface area (Å²) < 4.78 is 1.93. The summed E-state index contributed by atoms with van der Waals surface area (Å²) in [6.45, 7) is 4.86. The van der Waals surface area contributed by atoms with E-state index < -0.39 is 0 Å². The number of anilines is 1.